The zero-order chi connectivity index (χ0) is 17.6. The fourth-order valence-corrected chi connectivity index (χ4v) is 1.67. The summed E-state index contributed by atoms with van der Waals surface area (Å²) in [6.45, 7) is 4.23. The van der Waals surface area contributed by atoms with Crippen LogP contribution in [0.25, 0.3) is 6.08 Å². The van der Waals surface area contributed by atoms with E-state index in [1.165, 1.54) is 13.2 Å². The van der Waals surface area contributed by atoms with Gasteiger partial charge in [0.15, 0.2) is 0 Å². The minimum Gasteiger partial charge on any atom is -0.493 e. The number of hydrogen-bond acceptors (Lipinski definition) is 5. The number of carbonyl (C=O) groups is 2. The molecule has 0 N–H and O–H groups in total. The Balaban J connectivity index is 2.21. The SMILES string of the molecule is C=CC(=O)OCC/C=C\CCOc1ccc(C=CC(=O)OC)cc1. The van der Waals surface area contributed by atoms with Gasteiger partial charge < -0.3 is 14.2 Å². The van der Waals surface area contributed by atoms with Crippen molar-refractivity contribution in [2.75, 3.05) is 20.3 Å². The molecule has 0 unspecified atom stereocenters. The lowest BCUT2D eigenvalue weighted by Crippen LogP contribution is -2.00. The summed E-state index contributed by atoms with van der Waals surface area (Å²) in [5.74, 6) is -0.0310. The lowest BCUT2D eigenvalue weighted by Gasteiger charge is -2.04. The molecule has 0 aliphatic heterocycles. The Kier molecular flexibility index (Phi) is 9.38. The van der Waals surface area contributed by atoms with Gasteiger partial charge >= 0.3 is 11.9 Å². The molecular formula is C19H22O5. The van der Waals surface area contributed by atoms with Crippen LogP contribution in [0.4, 0.5) is 0 Å². The molecule has 0 radical (unpaired) electrons. The Morgan fingerprint density at radius 2 is 1.71 bits per heavy atom. The fourth-order valence-electron chi connectivity index (χ4n) is 1.67. The second kappa shape index (κ2) is 11.7. The van der Waals surface area contributed by atoms with E-state index in [-0.39, 0.29) is 5.97 Å². The van der Waals surface area contributed by atoms with Gasteiger partial charge in [-0.05, 0) is 36.6 Å². The van der Waals surface area contributed by atoms with Crippen LogP contribution in [0.5, 0.6) is 5.75 Å². The van der Waals surface area contributed by atoms with Crippen molar-refractivity contribution in [3.63, 3.8) is 0 Å². The van der Waals surface area contributed by atoms with Crippen molar-refractivity contribution in [2.24, 2.45) is 0 Å². The monoisotopic (exact) mass is 330 g/mol. The zero-order valence-electron chi connectivity index (χ0n) is 13.8. The summed E-state index contributed by atoms with van der Waals surface area (Å²) in [5, 5.41) is 0. The van der Waals surface area contributed by atoms with Crippen molar-refractivity contribution in [2.45, 2.75) is 12.8 Å². The van der Waals surface area contributed by atoms with Gasteiger partial charge in [-0.15, -0.1) is 0 Å². The Labute approximate surface area is 142 Å². The van der Waals surface area contributed by atoms with E-state index in [0.29, 0.717) is 19.6 Å². The van der Waals surface area contributed by atoms with Crippen LogP contribution in [-0.4, -0.2) is 32.3 Å². The highest BCUT2D eigenvalue weighted by atomic mass is 16.5. The first-order valence-corrected chi connectivity index (χ1v) is 7.59. The first-order valence-electron chi connectivity index (χ1n) is 7.59. The summed E-state index contributed by atoms with van der Waals surface area (Å²) in [5.41, 5.74) is 0.890. The molecule has 0 fully saturated rings. The van der Waals surface area contributed by atoms with Crippen LogP contribution in [0.15, 0.2) is 55.1 Å². The normalized spacial score (nSPS) is 10.7. The van der Waals surface area contributed by atoms with Crippen LogP contribution in [0, 0.1) is 0 Å². The molecule has 1 aromatic carbocycles. The van der Waals surface area contributed by atoms with Gasteiger partial charge in [-0.3, -0.25) is 0 Å². The number of carbonyl (C=O) groups excluding carboxylic acids is 2. The van der Waals surface area contributed by atoms with Crippen LogP contribution < -0.4 is 4.74 Å². The number of rotatable bonds is 10. The predicted octanol–water partition coefficient (Wildman–Crippen LogP) is 3.32. The largest absolute Gasteiger partial charge is 0.493 e. The molecular weight excluding hydrogens is 308 g/mol. The maximum Gasteiger partial charge on any atom is 0.330 e. The molecule has 1 rings (SSSR count). The summed E-state index contributed by atoms with van der Waals surface area (Å²) >= 11 is 0. The lowest BCUT2D eigenvalue weighted by atomic mass is 10.2. The van der Waals surface area contributed by atoms with E-state index in [9.17, 15) is 9.59 Å². The number of hydrogen-bond donors (Lipinski definition) is 0. The Bertz CT molecular complexity index is 584. The molecule has 0 saturated carbocycles. The molecule has 0 aliphatic rings. The molecule has 128 valence electrons. The molecule has 5 heteroatoms. The van der Waals surface area contributed by atoms with Gasteiger partial charge in [-0.2, -0.15) is 0 Å². The topological polar surface area (TPSA) is 61.8 Å². The van der Waals surface area contributed by atoms with Crippen LogP contribution in [0.1, 0.15) is 18.4 Å². The van der Waals surface area contributed by atoms with Gasteiger partial charge in [0.1, 0.15) is 5.75 Å². The summed E-state index contributed by atoms with van der Waals surface area (Å²) in [6, 6.07) is 7.40. The fraction of sp³-hybridized carbons (Fsp3) is 0.263. The number of benzene rings is 1. The summed E-state index contributed by atoms with van der Waals surface area (Å²) < 4.78 is 15.0. The summed E-state index contributed by atoms with van der Waals surface area (Å²) in [6.07, 6.45) is 9.55. The van der Waals surface area contributed by atoms with Crippen molar-refractivity contribution in [1.29, 1.82) is 0 Å². The first kappa shape index (κ1) is 19.2. The Morgan fingerprint density at radius 1 is 1.04 bits per heavy atom. The lowest BCUT2D eigenvalue weighted by molar-refractivity contribution is -0.137. The van der Waals surface area contributed by atoms with E-state index in [1.807, 2.05) is 36.4 Å². The number of ether oxygens (including phenoxy) is 3. The highest BCUT2D eigenvalue weighted by Gasteiger charge is 1.95. The van der Waals surface area contributed by atoms with Gasteiger partial charge in [0.25, 0.3) is 0 Å². The highest BCUT2D eigenvalue weighted by molar-refractivity contribution is 5.86. The standard InChI is InChI=1S/C19H22O5/c1-3-18(20)24-15-7-5-4-6-14-23-17-11-8-16(9-12-17)10-13-19(21)22-2/h3-5,8-13H,1,6-7,14-15H2,2H3/b5-4-,13-10?. The number of esters is 2. The van der Waals surface area contributed by atoms with E-state index in [1.54, 1.807) is 6.08 Å². The molecule has 5 nitrogen and oxygen atoms in total. The van der Waals surface area contributed by atoms with Crippen molar-refractivity contribution < 1.29 is 23.8 Å². The van der Waals surface area contributed by atoms with E-state index < -0.39 is 5.97 Å². The van der Waals surface area contributed by atoms with Gasteiger partial charge in [-0.25, -0.2) is 9.59 Å². The van der Waals surface area contributed by atoms with E-state index in [0.717, 1.165) is 23.8 Å². The molecule has 0 atom stereocenters. The highest BCUT2D eigenvalue weighted by Crippen LogP contribution is 2.13. The van der Waals surface area contributed by atoms with Gasteiger partial charge in [-0.1, -0.05) is 30.9 Å². The second-order valence-corrected chi connectivity index (χ2v) is 4.69. The third kappa shape index (κ3) is 8.58. The molecule has 0 amide bonds. The van der Waals surface area contributed by atoms with E-state index in [4.69, 9.17) is 9.47 Å². The number of methoxy groups -OCH3 is 1. The van der Waals surface area contributed by atoms with Crippen molar-refractivity contribution in [3.8, 4) is 5.75 Å². The average Bonchev–Trinajstić information content (AvgIpc) is 2.62. The van der Waals surface area contributed by atoms with Crippen molar-refractivity contribution >= 4 is 18.0 Å². The maximum atomic E-state index is 11.0. The van der Waals surface area contributed by atoms with Gasteiger partial charge in [0, 0.05) is 12.2 Å². The smallest absolute Gasteiger partial charge is 0.330 e. The molecule has 0 bridgehead atoms. The molecule has 0 aliphatic carbocycles. The molecule has 0 spiro atoms. The van der Waals surface area contributed by atoms with Crippen molar-refractivity contribution in [3.05, 3.63) is 60.7 Å². The third-order valence-electron chi connectivity index (χ3n) is 2.91. The van der Waals surface area contributed by atoms with Crippen molar-refractivity contribution in [1.82, 2.24) is 0 Å². The predicted molar refractivity (Wildman–Crippen MR) is 92.5 cm³/mol. The second-order valence-electron chi connectivity index (χ2n) is 4.69. The zero-order valence-corrected chi connectivity index (χ0v) is 13.8. The Hall–Kier alpha value is -2.82. The van der Waals surface area contributed by atoms with E-state index in [2.05, 4.69) is 11.3 Å². The molecule has 0 heterocycles. The van der Waals surface area contributed by atoms with Crippen LogP contribution in [0.3, 0.4) is 0 Å². The minimum atomic E-state index is -0.406. The average molecular weight is 330 g/mol. The molecule has 24 heavy (non-hydrogen) atoms. The van der Waals surface area contributed by atoms with Crippen LogP contribution >= 0.6 is 0 Å². The van der Waals surface area contributed by atoms with E-state index >= 15 is 0 Å². The first-order chi connectivity index (χ1) is 11.7. The quantitative estimate of drug-likeness (QED) is 0.285. The van der Waals surface area contributed by atoms with Crippen LogP contribution in [-0.2, 0) is 19.1 Å². The van der Waals surface area contributed by atoms with Gasteiger partial charge in [0.2, 0.25) is 0 Å². The molecule has 0 aromatic heterocycles. The summed E-state index contributed by atoms with van der Waals surface area (Å²) in [7, 11) is 1.34. The summed E-state index contributed by atoms with van der Waals surface area (Å²) in [4.78, 5) is 21.8. The Morgan fingerprint density at radius 3 is 2.33 bits per heavy atom. The van der Waals surface area contributed by atoms with Crippen LogP contribution in [0.2, 0.25) is 0 Å². The molecule has 0 saturated heterocycles. The maximum absolute atomic E-state index is 11.0. The third-order valence-corrected chi connectivity index (χ3v) is 2.91. The van der Waals surface area contributed by atoms with Gasteiger partial charge in [0.05, 0.1) is 20.3 Å². The molecule has 1 aromatic rings. The minimum absolute atomic E-state index is 0.350.